The molecular weight excluding hydrogens is 256 g/mol. The molecule has 3 rings (SSSR count). The van der Waals surface area contributed by atoms with Gasteiger partial charge in [-0.2, -0.15) is 0 Å². The number of aromatic nitrogens is 1. The van der Waals surface area contributed by atoms with E-state index in [-0.39, 0.29) is 11.6 Å². The average Bonchev–Trinajstić information content (AvgIpc) is 2.93. The molecule has 0 saturated carbocycles. The molecule has 0 amide bonds. The molecule has 21 heavy (non-hydrogen) atoms. The lowest BCUT2D eigenvalue weighted by Gasteiger charge is -2.32. The summed E-state index contributed by atoms with van der Waals surface area (Å²) in [7, 11) is 0. The number of benzene rings is 1. The van der Waals surface area contributed by atoms with Crippen LogP contribution < -0.4 is 5.73 Å². The zero-order valence-electron chi connectivity index (χ0n) is 13.2. The Hall–Kier alpha value is -1.54. The molecule has 2 N–H and O–H groups in total. The van der Waals surface area contributed by atoms with Crippen LogP contribution in [0.5, 0.6) is 0 Å². The van der Waals surface area contributed by atoms with Crippen molar-refractivity contribution in [1.29, 1.82) is 0 Å². The van der Waals surface area contributed by atoms with E-state index < -0.39 is 0 Å². The number of fused-ring (bicyclic) bond motifs is 1. The summed E-state index contributed by atoms with van der Waals surface area (Å²) in [5.41, 5.74) is 10.6. The molecule has 1 heterocycles. The summed E-state index contributed by atoms with van der Waals surface area (Å²) in [6.07, 6.45) is 8.03. The lowest BCUT2D eigenvalue weighted by Crippen LogP contribution is -2.30. The Morgan fingerprint density at radius 3 is 2.71 bits per heavy atom. The van der Waals surface area contributed by atoms with E-state index in [1.807, 2.05) is 0 Å². The van der Waals surface area contributed by atoms with Crippen LogP contribution in [0.2, 0.25) is 0 Å². The van der Waals surface area contributed by atoms with Gasteiger partial charge in [0.25, 0.3) is 0 Å². The Labute approximate surface area is 128 Å². The molecule has 0 saturated heterocycles. The fourth-order valence-electron chi connectivity index (χ4n) is 3.51. The minimum atomic E-state index is 0.139. The number of rotatable bonds is 4. The second-order valence-electron chi connectivity index (χ2n) is 6.88. The van der Waals surface area contributed by atoms with E-state index in [1.54, 1.807) is 0 Å². The van der Waals surface area contributed by atoms with E-state index in [2.05, 4.69) is 61.0 Å². The summed E-state index contributed by atoms with van der Waals surface area (Å²) in [5.74, 6) is 0. The van der Waals surface area contributed by atoms with Gasteiger partial charge in [0.05, 0.1) is 0 Å². The van der Waals surface area contributed by atoms with E-state index in [1.165, 1.54) is 29.7 Å². The van der Waals surface area contributed by atoms with Crippen LogP contribution in [0.4, 0.5) is 0 Å². The molecule has 1 atom stereocenters. The maximum absolute atomic E-state index is 6.25. The molecule has 1 aromatic heterocycles. The van der Waals surface area contributed by atoms with E-state index >= 15 is 0 Å². The molecule has 1 aliphatic rings. The Kier molecular flexibility index (Phi) is 3.90. The third-order valence-corrected chi connectivity index (χ3v) is 4.88. The van der Waals surface area contributed by atoms with E-state index in [0.717, 1.165) is 19.3 Å². The molecule has 0 fully saturated rings. The third-order valence-electron chi connectivity index (χ3n) is 4.88. The van der Waals surface area contributed by atoms with Gasteiger partial charge in [-0.3, -0.25) is 0 Å². The van der Waals surface area contributed by atoms with Crippen LogP contribution >= 0.6 is 0 Å². The summed E-state index contributed by atoms with van der Waals surface area (Å²) in [6, 6.07) is 13.2. The number of aryl methyl sites for hydroxylation is 1. The van der Waals surface area contributed by atoms with Crippen molar-refractivity contribution < 1.29 is 0 Å². The summed E-state index contributed by atoms with van der Waals surface area (Å²) in [4.78, 5) is 0. The Morgan fingerprint density at radius 1 is 1.19 bits per heavy atom. The molecule has 0 spiro atoms. The quantitative estimate of drug-likeness (QED) is 0.895. The molecule has 0 radical (unpaired) electrons. The highest BCUT2D eigenvalue weighted by Gasteiger charge is 2.27. The maximum atomic E-state index is 6.25. The van der Waals surface area contributed by atoms with Crippen LogP contribution in [0.1, 0.15) is 56.0 Å². The fraction of sp³-hybridized carbons (Fsp3) is 0.474. The minimum Gasteiger partial charge on any atom is -0.346 e. The van der Waals surface area contributed by atoms with Crippen molar-refractivity contribution in [3.63, 3.8) is 0 Å². The van der Waals surface area contributed by atoms with Crippen molar-refractivity contribution in [2.75, 3.05) is 0 Å². The van der Waals surface area contributed by atoms with E-state index in [4.69, 9.17) is 5.73 Å². The molecule has 2 aromatic rings. The van der Waals surface area contributed by atoms with Gasteiger partial charge < -0.3 is 10.3 Å². The van der Waals surface area contributed by atoms with E-state index in [9.17, 15) is 0 Å². The summed E-state index contributed by atoms with van der Waals surface area (Å²) in [6.45, 7) is 4.69. The molecule has 1 unspecified atom stereocenters. The number of hydrogen-bond donors (Lipinski definition) is 1. The van der Waals surface area contributed by atoms with Crippen molar-refractivity contribution in [2.45, 2.75) is 57.5 Å². The molecular formula is C19H26N2. The zero-order chi connectivity index (χ0) is 14.9. The lowest BCUT2D eigenvalue weighted by atomic mass is 9.91. The first-order chi connectivity index (χ1) is 10.1. The van der Waals surface area contributed by atoms with Gasteiger partial charge >= 0.3 is 0 Å². The summed E-state index contributed by atoms with van der Waals surface area (Å²) in [5, 5.41) is 0. The van der Waals surface area contributed by atoms with Gasteiger partial charge in [0.2, 0.25) is 0 Å². The van der Waals surface area contributed by atoms with Crippen molar-refractivity contribution >= 4 is 0 Å². The summed E-state index contributed by atoms with van der Waals surface area (Å²) >= 11 is 0. The van der Waals surface area contributed by atoms with Crippen LogP contribution in [0.25, 0.3) is 0 Å². The van der Waals surface area contributed by atoms with Gasteiger partial charge in [0, 0.05) is 23.5 Å². The monoisotopic (exact) mass is 282 g/mol. The second-order valence-corrected chi connectivity index (χ2v) is 6.88. The van der Waals surface area contributed by atoms with Crippen LogP contribution in [0.15, 0.2) is 42.6 Å². The average molecular weight is 282 g/mol. The Morgan fingerprint density at radius 2 is 1.95 bits per heavy atom. The van der Waals surface area contributed by atoms with Gasteiger partial charge in [0.1, 0.15) is 0 Å². The normalized spacial score (nSPS) is 18.5. The first-order valence-corrected chi connectivity index (χ1v) is 8.08. The minimum absolute atomic E-state index is 0.139. The standard InChI is InChI=1S/C19H26N2/c1-19(2,13-11-15-7-4-3-5-8-15)21-14-12-16-17(20)9-6-10-18(16)21/h3-5,7-8,12,14,17H,6,9-11,13,20H2,1-2H3. The molecule has 0 bridgehead atoms. The first kappa shape index (κ1) is 14.4. The smallest absolute Gasteiger partial charge is 0.0389 e. The molecule has 2 heteroatoms. The highest BCUT2D eigenvalue weighted by Crippen LogP contribution is 2.33. The van der Waals surface area contributed by atoms with Gasteiger partial charge in [0.15, 0.2) is 0 Å². The van der Waals surface area contributed by atoms with Crippen LogP contribution in [-0.4, -0.2) is 4.57 Å². The molecule has 0 aliphatic heterocycles. The number of nitrogens with two attached hydrogens (primary N) is 1. The maximum Gasteiger partial charge on any atom is 0.0389 e. The first-order valence-electron chi connectivity index (χ1n) is 8.08. The SMILES string of the molecule is CC(C)(CCc1ccccc1)n1ccc2c1CCCC2N. The van der Waals surface area contributed by atoms with Crippen molar-refractivity contribution in [1.82, 2.24) is 4.57 Å². The third kappa shape index (κ3) is 2.91. The Bertz CT molecular complexity index is 595. The number of nitrogens with zero attached hydrogens (tertiary/aromatic N) is 1. The largest absolute Gasteiger partial charge is 0.346 e. The lowest BCUT2D eigenvalue weighted by molar-refractivity contribution is 0.315. The highest BCUT2D eigenvalue weighted by molar-refractivity contribution is 5.29. The van der Waals surface area contributed by atoms with Crippen molar-refractivity contribution in [3.8, 4) is 0 Å². The topological polar surface area (TPSA) is 30.9 Å². The molecule has 112 valence electrons. The fourth-order valence-corrected chi connectivity index (χ4v) is 3.51. The second kappa shape index (κ2) is 5.69. The zero-order valence-corrected chi connectivity index (χ0v) is 13.2. The van der Waals surface area contributed by atoms with Gasteiger partial charge in [-0.05, 0) is 63.1 Å². The Balaban J connectivity index is 1.79. The van der Waals surface area contributed by atoms with Crippen LogP contribution in [0, 0.1) is 0 Å². The van der Waals surface area contributed by atoms with Crippen LogP contribution in [0.3, 0.4) is 0 Å². The van der Waals surface area contributed by atoms with E-state index in [0.29, 0.717) is 0 Å². The molecule has 1 aromatic carbocycles. The summed E-state index contributed by atoms with van der Waals surface area (Å²) < 4.78 is 2.48. The molecule has 1 aliphatic carbocycles. The number of hydrogen-bond acceptors (Lipinski definition) is 1. The highest BCUT2D eigenvalue weighted by atomic mass is 15.1. The predicted molar refractivity (Wildman–Crippen MR) is 88.4 cm³/mol. The van der Waals surface area contributed by atoms with Crippen molar-refractivity contribution in [2.24, 2.45) is 5.73 Å². The van der Waals surface area contributed by atoms with Gasteiger partial charge in [-0.15, -0.1) is 0 Å². The van der Waals surface area contributed by atoms with Gasteiger partial charge in [-0.25, -0.2) is 0 Å². The predicted octanol–water partition coefficient (Wildman–Crippen LogP) is 4.19. The van der Waals surface area contributed by atoms with Crippen molar-refractivity contribution in [3.05, 3.63) is 59.4 Å². The van der Waals surface area contributed by atoms with Crippen LogP contribution in [-0.2, 0) is 18.4 Å². The van der Waals surface area contributed by atoms with Gasteiger partial charge in [-0.1, -0.05) is 30.3 Å². The molecule has 2 nitrogen and oxygen atoms in total.